The van der Waals surface area contributed by atoms with Gasteiger partial charge in [0.05, 0.1) is 22.8 Å². The van der Waals surface area contributed by atoms with Crippen LogP contribution in [0.1, 0.15) is 19.4 Å². The van der Waals surface area contributed by atoms with Gasteiger partial charge in [-0.3, -0.25) is 0 Å². The summed E-state index contributed by atoms with van der Waals surface area (Å²) in [6.45, 7) is 4.40. The molecule has 3 nitrogen and oxygen atoms in total. The van der Waals surface area contributed by atoms with Crippen molar-refractivity contribution in [1.29, 1.82) is 0 Å². The van der Waals surface area contributed by atoms with Crippen molar-refractivity contribution >= 4 is 60.7 Å². The van der Waals surface area contributed by atoms with Gasteiger partial charge in [-0.15, -0.1) is 0 Å². The molecule has 10 aromatic rings. The third kappa shape index (κ3) is 6.00. The lowest BCUT2D eigenvalue weighted by molar-refractivity contribution is 0.670. The third-order valence-corrected chi connectivity index (χ3v) is 11.5. The van der Waals surface area contributed by atoms with E-state index in [0.717, 1.165) is 61.3 Å². The summed E-state index contributed by atoms with van der Waals surface area (Å²) in [5.74, 6) is 0. The SMILES string of the molecule is C/C=C\C=C(\c1ccccc1-n1c2ccccc2c2ccccc21)C(C)N(c1ccccc1)c1ccc(-c2ccccc2-c2cccc3c2oc2ccccc23)cc1. The van der Waals surface area contributed by atoms with Gasteiger partial charge >= 0.3 is 0 Å². The number of rotatable bonds is 9. The van der Waals surface area contributed by atoms with E-state index in [2.05, 4.69) is 224 Å². The molecule has 0 N–H and O–H groups in total. The number of para-hydroxylation sites is 6. The largest absolute Gasteiger partial charge is 0.455 e. The smallest absolute Gasteiger partial charge is 0.143 e. The van der Waals surface area contributed by atoms with Gasteiger partial charge in [-0.2, -0.15) is 0 Å². The number of hydrogen-bond donors (Lipinski definition) is 0. The quantitative estimate of drug-likeness (QED) is 0.137. The fraction of sp³-hybridized carbons (Fsp3) is 0.0545. The molecule has 0 amide bonds. The molecular formula is C55H42N2O. The van der Waals surface area contributed by atoms with Crippen LogP contribution in [0.4, 0.5) is 11.4 Å². The van der Waals surface area contributed by atoms with E-state index in [1.54, 1.807) is 0 Å². The summed E-state index contributed by atoms with van der Waals surface area (Å²) in [5, 5.41) is 4.77. The molecule has 10 rings (SSSR count). The van der Waals surface area contributed by atoms with E-state index in [9.17, 15) is 0 Å². The van der Waals surface area contributed by atoms with Crippen molar-refractivity contribution in [3.63, 3.8) is 0 Å². The Bertz CT molecular complexity index is 3090. The zero-order valence-electron chi connectivity index (χ0n) is 32.6. The van der Waals surface area contributed by atoms with Crippen molar-refractivity contribution in [2.75, 3.05) is 4.90 Å². The number of aromatic nitrogens is 1. The van der Waals surface area contributed by atoms with Gasteiger partial charge in [0.15, 0.2) is 0 Å². The Hall–Kier alpha value is -7.36. The second-order valence-corrected chi connectivity index (χ2v) is 14.8. The van der Waals surface area contributed by atoms with Crippen LogP contribution in [0.3, 0.4) is 0 Å². The highest BCUT2D eigenvalue weighted by atomic mass is 16.3. The zero-order valence-corrected chi connectivity index (χ0v) is 32.6. The van der Waals surface area contributed by atoms with Crippen LogP contribution < -0.4 is 4.90 Å². The van der Waals surface area contributed by atoms with Crippen molar-refractivity contribution in [1.82, 2.24) is 4.57 Å². The lowest BCUT2D eigenvalue weighted by Gasteiger charge is -2.34. The van der Waals surface area contributed by atoms with Crippen molar-refractivity contribution in [2.24, 2.45) is 0 Å². The first-order valence-electron chi connectivity index (χ1n) is 20.0. The zero-order chi connectivity index (χ0) is 39.0. The predicted molar refractivity (Wildman–Crippen MR) is 246 cm³/mol. The highest BCUT2D eigenvalue weighted by Gasteiger charge is 2.25. The number of nitrogens with zero attached hydrogens (tertiary/aromatic N) is 2. The second kappa shape index (κ2) is 14.9. The normalized spacial score (nSPS) is 12.6. The Morgan fingerprint density at radius 3 is 1.83 bits per heavy atom. The molecule has 0 aliphatic heterocycles. The summed E-state index contributed by atoms with van der Waals surface area (Å²) in [5.41, 5.74) is 14.6. The topological polar surface area (TPSA) is 21.3 Å². The summed E-state index contributed by atoms with van der Waals surface area (Å²) in [6.07, 6.45) is 6.57. The molecule has 0 fully saturated rings. The maximum atomic E-state index is 6.50. The molecular weight excluding hydrogens is 705 g/mol. The summed E-state index contributed by atoms with van der Waals surface area (Å²) < 4.78 is 8.93. The summed E-state index contributed by atoms with van der Waals surface area (Å²) >= 11 is 0. The summed E-state index contributed by atoms with van der Waals surface area (Å²) in [4.78, 5) is 2.46. The van der Waals surface area contributed by atoms with Gasteiger partial charge in [0, 0.05) is 44.0 Å². The molecule has 2 aromatic heterocycles. The minimum atomic E-state index is -0.0448. The molecule has 0 saturated carbocycles. The predicted octanol–water partition coefficient (Wildman–Crippen LogP) is 15.2. The number of furan rings is 1. The molecule has 278 valence electrons. The van der Waals surface area contributed by atoms with Gasteiger partial charge in [-0.1, -0.05) is 164 Å². The van der Waals surface area contributed by atoms with Crippen LogP contribution in [-0.2, 0) is 0 Å². The van der Waals surface area contributed by atoms with Crippen LogP contribution >= 0.6 is 0 Å². The van der Waals surface area contributed by atoms with Crippen molar-refractivity contribution in [2.45, 2.75) is 19.9 Å². The van der Waals surface area contributed by atoms with Crippen LogP contribution in [0.2, 0.25) is 0 Å². The third-order valence-electron chi connectivity index (χ3n) is 11.5. The molecule has 3 heteroatoms. The van der Waals surface area contributed by atoms with E-state index in [1.807, 2.05) is 12.1 Å². The highest BCUT2D eigenvalue weighted by Crippen LogP contribution is 2.42. The van der Waals surface area contributed by atoms with E-state index in [1.165, 1.54) is 32.9 Å². The molecule has 0 bridgehead atoms. The van der Waals surface area contributed by atoms with Gasteiger partial charge in [0.1, 0.15) is 11.2 Å². The van der Waals surface area contributed by atoms with Gasteiger partial charge in [-0.25, -0.2) is 0 Å². The average molecular weight is 747 g/mol. The Labute approximate surface area is 339 Å². The maximum Gasteiger partial charge on any atom is 0.143 e. The van der Waals surface area contributed by atoms with E-state index in [4.69, 9.17) is 4.42 Å². The van der Waals surface area contributed by atoms with Gasteiger partial charge in [-0.05, 0) is 84.6 Å². The van der Waals surface area contributed by atoms with E-state index >= 15 is 0 Å². The van der Waals surface area contributed by atoms with E-state index < -0.39 is 0 Å². The molecule has 58 heavy (non-hydrogen) atoms. The maximum absolute atomic E-state index is 6.50. The van der Waals surface area contributed by atoms with E-state index in [0.29, 0.717) is 0 Å². The molecule has 0 saturated heterocycles. The average Bonchev–Trinajstić information content (AvgIpc) is 3.84. The summed E-state index contributed by atoms with van der Waals surface area (Å²) in [6, 6.07) is 69.5. The number of benzene rings is 8. The highest BCUT2D eigenvalue weighted by molar-refractivity contribution is 6.11. The monoisotopic (exact) mass is 746 g/mol. The Morgan fingerprint density at radius 1 is 0.517 bits per heavy atom. The second-order valence-electron chi connectivity index (χ2n) is 14.8. The molecule has 2 heterocycles. The van der Waals surface area contributed by atoms with Crippen molar-refractivity contribution in [3.05, 3.63) is 218 Å². The lowest BCUT2D eigenvalue weighted by Crippen LogP contribution is -2.30. The molecule has 0 aliphatic rings. The Balaban J connectivity index is 1.09. The molecule has 0 spiro atoms. The van der Waals surface area contributed by atoms with Gasteiger partial charge in [0.2, 0.25) is 0 Å². The molecule has 1 unspecified atom stereocenters. The number of fused-ring (bicyclic) bond motifs is 6. The summed E-state index contributed by atoms with van der Waals surface area (Å²) in [7, 11) is 0. The number of anilines is 2. The van der Waals surface area contributed by atoms with Crippen LogP contribution in [0.5, 0.6) is 0 Å². The minimum Gasteiger partial charge on any atom is -0.455 e. The lowest BCUT2D eigenvalue weighted by atomic mass is 9.92. The Kier molecular flexibility index (Phi) is 9.04. The number of hydrogen-bond acceptors (Lipinski definition) is 2. The van der Waals surface area contributed by atoms with Crippen molar-refractivity contribution in [3.8, 4) is 27.9 Å². The fourth-order valence-electron chi connectivity index (χ4n) is 8.80. The van der Waals surface area contributed by atoms with Gasteiger partial charge < -0.3 is 13.9 Å². The molecule has 0 aliphatic carbocycles. The van der Waals surface area contributed by atoms with Gasteiger partial charge in [0.25, 0.3) is 0 Å². The first-order chi connectivity index (χ1) is 28.7. The van der Waals surface area contributed by atoms with E-state index in [-0.39, 0.29) is 6.04 Å². The van der Waals surface area contributed by atoms with Crippen LogP contribution in [0.25, 0.3) is 77.3 Å². The van der Waals surface area contributed by atoms with Crippen molar-refractivity contribution < 1.29 is 4.42 Å². The van der Waals surface area contributed by atoms with Crippen LogP contribution in [0.15, 0.2) is 217 Å². The molecule has 0 radical (unpaired) electrons. The first kappa shape index (κ1) is 35.1. The minimum absolute atomic E-state index is 0.0448. The first-order valence-corrected chi connectivity index (χ1v) is 20.0. The fourth-order valence-corrected chi connectivity index (χ4v) is 8.80. The molecule has 1 atom stereocenters. The van der Waals surface area contributed by atoms with Crippen LogP contribution in [-0.4, -0.2) is 10.6 Å². The van der Waals surface area contributed by atoms with Crippen LogP contribution in [0, 0.1) is 0 Å². The standard InChI is InChI=1S/C55H42N2O/c1-3-4-21-42(45-24-10-14-30-51(45)57-52-31-15-11-25-46(52)47-26-12-16-32-53(47)57)38(2)56(40-19-6-5-7-20-40)41-36-34-39(35-37-41)43-22-8-9-23-44(43)49-28-18-29-50-48-27-13-17-33-54(48)58-55(49)50/h3-38H,1-2H3/b4-3-,42-21+. The number of allylic oxidation sites excluding steroid dienone is 3. The molecule has 8 aromatic carbocycles. The Morgan fingerprint density at radius 2 is 1.09 bits per heavy atom.